The molecule has 168 valence electrons. The molecule has 3 aromatic rings. The summed E-state index contributed by atoms with van der Waals surface area (Å²) in [6.45, 7) is 7.37. The molecular weight excluding hydrogens is 418 g/mol. The maximum absolute atomic E-state index is 12.6. The second-order valence-corrected chi connectivity index (χ2v) is 9.26. The normalized spacial score (nSPS) is 15.1. The van der Waals surface area contributed by atoms with Crippen LogP contribution in [0.15, 0.2) is 59.8 Å². The lowest BCUT2D eigenvalue weighted by atomic mass is 9.99. The number of para-hydroxylation sites is 1. The van der Waals surface area contributed by atoms with Gasteiger partial charge in [0.25, 0.3) is 0 Å². The second kappa shape index (κ2) is 10.8. The van der Waals surface area contributed by atoms with Crippen LogP contribution in [-0.4, -0.2) is 44.4 Å². The molecule has 7 heteroatoms. The molecular formula is C25H31N5OS. The van der Waals surface area contributed by atoms with Crippen LogP contribution in [0.1, 0.15) is 50.4 Å². The highest BCUT2D eigenvalue weighted by Crippen LogP contribution is 2.24. The monoisotopic (exact) mass is 449 g/mol. The van der Waals surface area contributed by atoms with Crippen LogP contribution in [0.2, 0.25) is 0 Å². The fraction of sp³-hybridized carbons (Fsp3) is 0.400. The second-order valence-electron chi connectivity index (χ2n) is 8.32. The Kier molecular flexibility index (Phi) is 7.60. The number of likely N-dealkylation sites (tertiary alicyclic amines) is 1. The third kappa shape index (κ3) is 5.58. The number of hydrogen-bond donors (Lipinski definition) is 1. The number of thioether (sulfide) groups is 1. The number of hydrogen-bond acceptors (Lipinski definition) is 5. The minimum atomic E-state index is -0.0463. The number of anilines is 1. The van der Waals surface area contributed by atoms with Gasteiger partial charge in [-0.25, -0.2) is 0 Å². The molecule has 0 radical (unpaired) electrons. The Hall–Kier alpha value is -2.64. The van der Waals surface area contributed by atoms with Gasteiger partial charge in [-0.15, -0.1) is 10.2 Å². The largest absolute Gasteiger partial charge is 0.325 e. The summed E-state index contributed by atoms with van der Waals surface area (Å²) in [4.78, 5) is 15.0. The molecule has 1 aliphatic heterocycles. The average molecular weight is 450 g/mol. The molecule has 1 unspecified atom stereocenters. The molecule has 0 bridgehead atoms. The highest BCUT2D eigenvalue weighted by atomic mass is 32.2. The number of benzene rings is 2. The molecule has 6 nitrogen and oxygen atoms in total. The highest BCUT2D eigenvalue weighted by Gasteiger charge is 2.20. The van der Waals surface area contributed by atoms with Crippen LogP contribution in [0, 0.1) is 0 Å². The molecule has 1 saturated heterocycles. The Labute approximate surface area is 194 Å². The van der Waals surface area contributed by atoms with Gasteiger partial charge in [0.15, 0.2) is 11.0 Å². The number of aromatic nitrogens is 3. The molecule has 1 atom stereocenters. The summed E-state index contributed by atoms with van der Waals surface area (Å²) >= 11 is 1.42. The lowest BCUT2D eigenvalue weighted by Gasteiger charge is -2.16. The molecule has 1 amide bonds. The van der Waals surface area contributed by atoms with E-state index in [9.17, 15) is 4.79 Å². The number of carbonyl (C=O) groups excluding carboxylic acids is 1. The Bertz CT molecular complexity index is 1010. The van der Waals surface area contributed by atoms with Crippen molar-refractivity contribution < 1.29 is 4.79 Å². The van der Waals surface area contributed by atoms with E-state index >= 15 is 0 Å². The molecule has 2 heterocycles. The Balaban J connectivity index is 1.43. The molecule has 0 saturated carbocycles. The zero-order valence-corrected chi connectivity index (χ0v) is 19.6. The summed E-state index contributed by atoms with van der Waals surface area (Å²) in [6.07, 6.45) is 3.57. The maximum atomic E-state index is 12.6. The summed E-state index contributed by atoms with van der Waals surface area (Å²) in [5.41, 5.74) is 3.14. The van der Waals surface area contributed by atoms with Gasteiger partial charge in [-0.05, 0) is 68.1 Å². The van der Waals surface area contributed by atoms with Crippen molar-refractivity contribution in [3.8, 4) is 5.69 Å². The van der Waals surface area contributed by atoms with Crippen LogP contribution < -0.4 is 5.32 Å². The Morgan fingerprint density at radius 2 is 1.78 bits per heavy atom. The molecule has 1 fully saturated rings. The molecule has 1 N–H and O–H groups in total. The SMILES string of the molecule is CCC(C)c1ccc(NC(=O)CSc2nnc(CN3CCCC3)n2-c2ccccc2)cc1. The van der Waals surface area contributed by atoms with Gasteiger partial charge in [-0.3, -0.25) is 14.3 Å². The fourth-order valence-corrected chi connectivity index (χ4v) is 4.70. The summed E-state index contributed by atoms with van der Waals surface area (Å²) in [5.74, 6) is 1.67. The quantitative estimate of drug-likeness (QED) is 0.460. The minimum Gasteiger partial charge on any atom is -0.325 e. The lowest BCUT2D eigenvalue weighted by molar-refractivity contribution is -0.113. The minimum absolute atomic E-state index is 0.0463. The van der Waals surface area contributed by atoms with Crippen LogP contribution >= 0.6 is 11.8 Å². The number of amides is 1. The summed E-state index contributed by atoms with van der Waals surface area (Å²) in [6, 6.07) is 18.3. The zero-order valence-electron chi connectivity index (χ0n) is 18.8. The smallest absolute Gasteiger partial charge is 0.234 e. The van der Waals surface area contributed by atoms with E-state index in [-0.39, 0.29) is 11.7 Å². The van der Waals surface area contributed by atoms with Crippen LogP contribution in [0.3, 0.4) is 0 Å². The molecule has 32 heavy (non-hydrogen) atoms. The van der Waals surface area contributed by atoms with E-state index in [0.29, 0.717) is 5.92 Å². The van der Waals surface area contributed by atoms with Crippen molar-refractivity contribution in [3.63, 3.8) is 0 Å². The molecule has 0 spiro atoms. The van der Waals surface area contributed by atoms with Crippen molar-refractivity contribution in [2.75, 3.05) is 24.2 Å². The molecule has 4 rings (SSSR count). The van der Waals surface area contributed by atoms with E-state index in [1.165, 1.54) is 30.2 Å². The first kappa shape index (κ1) is 22.6. The van der Waals surface area contributed by atoms with Gasteiger partial charge in [0.05, 0.1) is 12.3 Å². The number of rotatable bonds is 9. The molecule has 1 aliphatic rings. The van der Waals surface area contributed by atoms with Gasteiger partial charge in [0.1, 0.15) is 0 Å². The third-order valence-electron chi connectivity index (χ3n) is 5.99. The molecule has 0 aliphatic carbocycles. The third-order valence-corrected chi connectivity index (χ3v) is 6.92. The van der Waals surface area contributed by atoms with Crippen molar-refractivity contribution >= 4 is 23.4 Å². The topological polar surface area (TPSA) is 63.1 Å². The first-order valence-corrected chi connectivity index (χ1v) is 12.4. The van der Waals surface area contributed by atoms with E-state index in [1.807, 2.05) is 30.3 Å². The fourth-order valence-electron chi connectivity index (χ4n) is 3.93. The maximum Gasteiger partial charge on any atom is 0.234 e. The standard InChI is InChI=1S/C25H31N5OS/c1-3-19(2)20-11-13-21(14-12-20)26-24(31)18-32-25-28-27-23(17-29-15-7-8-16-29)30(25)22-9-5-4-6-10-22/h4-6,9-14,19H,3,7-8,15-18H2,1-2H3,(H,26,31). The first-order chi connectivity index (χ1) is 15.6. The van der Waals surface area contributed by atoms with Gasteiger partial charge in [-0.2, -0.15) is 0 Å². The van der Waals surface area contributed by atoms with E-state index < -0.39 is 0 Å². The first-order valence-electron chi connectivity index (χ1n) is 11.4. The van der Waals surface area contributed by atoms with Crippen molar-refractivity contribution in [2.24, 2.45) is 0 Å². The van der Waals surface area contributed by atoms with Crippen LogP contribution in [-0.2, 0) is 11.3 Å². The summed E-state index contributed by atoms with van der Waals surface area (Å²) in [5, 5.41) is 12.6. The van der Waals surface area contributed by atoms with Crippen LogP contribution in [0.5, 0.6) is 0 Å². The van der Waals surface area contributed by atoms with E-state index in [2.05, 4.69) is 63.1 Å². The van der Waals surface area contributed by atoms with Crippen molar-refractivity contribution in [1.29, 1.82) is 0 Å². The number of nitrogens with one attached hydrogen (secondary N) is 1. The van der Waals surface area contributed by atoms with Gasteiger partial charge in [-0.1, -0.05) is 55.9 Å². The van der Waals surface area contributed by atoms with Gasteiger partial charge < -0.3 is 5.32 Å². The Morgan fingerprint density at radius 1 is 1.06 bits per heavy atom. The predicted molar refractivity (Wildman–Crippen MR) is 130 cm³/mol. The van der Waals surface area contributed by atoms with Crippen LogP contribution in [0.25, 0.3) is 5.69 Å². The number of nitrogens with zero attached hydrogens (tertiary/aromatic N) is 4. The zero-order chi connectivity index (χ0) is 22.3. The Morgan fingerprint density at radius 3 is 2.47 bits per heavy atom. The average Bonchev–Trinajstić information content (AvgIpc) is 3.48. The number of carbonyl (C=O) groups is 1. The van der Waals surface area contributed by atoms with Crippen molar-refractivity contribution in [2.45, 2.75) is 50.7 Å². The highest BCUT2D eigenvalue weighted by molar-refractivity contribution is 7.99. The van der Waals surface area contributed by atoms with Crippen LogP contribution in [0.4, 0.5) is 5.69 Å². The lowest BCUT2D eigenvalue weighted by Crippen LogP contribution is -2.21. The van der Waals surface area contributed by atoms with E-state index in [0.717, 1.165) is 48.4 Å². The van der Waals surface area contributed by atoms with Gasteiger partial charge in [0.2, 0.25) is 5.91 Å². The van der Waals surface area contributed by atoms with Gasteiger partial charge in [0, 0.05) is 11.4 Å². The van der Waals surface area contributed by atoms with Crippen molar-refractivity contribution in [1.82, 2.24) is 19.7 Å². The van der Waals surface area contributed by atoms with Gasteiger partial charge >= 0.3 is 0 Å². The molecule has 2 aromatic carbocycles. The summed E-state index contributed by atoms with van der Waals surface area (Å²) in [7, 11) is 0. The van der Waals surface area contributed by atoms with Crippen molar-refractivity contribution in [3.05, 3.63) is 66.0 Å². The summed E-state index contributed by atoms with van der Waals surface area (Å²) < 4.78 is 2.08. The molecule has 1 aromatic heterocycles. The van der Waals surface area contributed by atoms with E-state index in [1.54, 1.807) is 0 Å². The van der Waals surface area contributed by atoms with E-state index in [4.69, 9.17) is 0 Å². The predicted octanol–water partition coefficient (Wildman–Crippen LogP) is 5.11.